The molecule has 0 aromatic heterocycles. The summed E-state index contributed by atoms with van der Waals surface area (Å²) in [6.07, 6.45) is 0. The van der Waals surface area contributed by atoms with Gasteiger partial charge in [-0.15, -0.1) is 12.4 Å². The van der Waals surface area contributed by atoms with Gasteiger partial charge in [0.25, 0.3) is 5.92 Å². The first-order chi connectivity index (χ1) is 9.45. The number of halogens is 3. The maximum Gasteiger partial charge on any atom is 0.289 e. The van der Waals surface area contributed by atoms with Crippen LogP contribution in [-0.4, -0.2) is 53.8 Å². The maximum absolute atomic E-state index is 14.1. The molecule has 21 heavy (non-hydrogen) atoms. The quantitative estimate of drug-likeness (QED) is 0.790. The lowest BCUT2D eigenvalue weighted by molar-refractivity contribution is -0.118. The van der Waals surface area contributed by atoms with E-state index in [0.29, 0.717) is 37.3 Å². The van der Waals surface area contributed by atoms with Crippen LogP contribution in [0.1, 0.15) is 17.2 Å². The van der Waals surface area contributed by atoms with Crippen molar-refractivity contribution in [2.75, 3.05) is 32.8 Å². The average Bonchev–Trinajstić information content (AvgIpc) is 2.44. The van der Waals surface area contributed by atoms with Gasteiger partial charge in [0, 0.05) is 26.2 Å². The number of piperazine rings is 1. The van der Waals surface area contributed by atoms with E-state index in [1.54, 1.807) is 17.9 Å². The average molecular weight is 323 g/mol. The zero-order chi connectivity index (χ0) is 14.8. The lowest BCUT2D eigenvalue weighted by Gasteiger charge is -2.38. The van der Waals surface area contributed by atoms with Gasteiger partial charge in [0.1, 0.15) is 18.4 Å². The van der Waals surface area contributed by atoms with Crippen molar-refractivity contribution in [3.63, 3.8) is 0 Å². The van der Waals surface area contributed by atoms with E-state index in [2.05, 4.69) is 5.32 Å². The van der Waals surface area contributed by atoms with Crippen LogP contribution < -0.4 is 5.32 Å². The zero-order valence-electron chi connectivity index (χ0n) is 11.9. The number of benzene rings is 1. The Kier molecular flexibility index (Phi) is 6.34. The molecular formula is C14H21ClF2N2O2. The number of nitrogens with zero attached hydrogens (tertiary/aromatic N) is 1. The Hall–Kier alpha value is -0.950. The van der Waals surface area contributed by atoms with Crippen molar-refractivity contribution in [2.45, 2.75) is 18.9 Å². The van der Waals surface area contributed by atoms with Gasteiger partial charge in [-0.1, -0.05) is 12.1 Å². The Bertz CT molecular complexity index is 468. The number of aliphatic hydroxyl groups excluding tert-OH is 1. The van der Waals surface area contributed by atoms with E-state index >= 15 is 0 Å². The highest BCUT2D eigenvalue weighted by Gasteiger charge is 2.44. The fourth-order valence-corrected chi connectivity index (χ4v) is 2.60. The summed E-state index contributed by atoms with van der Waals surface area (Å²) in [6.45, 7) is 2.77. The van der Waals surface area contributed by atoms with E-state index in [0.717, 1.165) is 0 Å². The molecule has 3 N–H and O–H groups in total. The summed E-state index contributed by atoms with van der Waals surface area (Å²) < 4.78 is 28.3. The lowest BCUT2D eigenvalue weighted by atomic mass is 9.96. The van der Waals surface area contributed by atoms with Crippen LogP contribution in [0.4, 0.5) is 8.78 Å². The van der Waals surface area contributed by atoms with Gasteiger partial charge in [-0.2, -0.15) is 0 Å². The number of phenolic OH excluding ortho intramolecular Hbond substituents is 1. The number of aliphatic hydroxyl groups is 1. The Morgan fingerprint density at radius 1 is 1.33 bits per heavy atom. The molecule has 120 valence electrons. The van der Waals surface area contributed by atoms with Crippen LogP contribution in [0.3, 0.4) is 0 Å². The van der Waals surface area contributed by atoms with Gasteiger partial charge in [0.2, 0.25) is 0 Å². The predicted octanol–water partition coefficient (Wildman–Crippen LogP) is 1.70. The Morgan fingerprint density at radius 3 is 2.48 bits per heavy atom. The number of aromatic hydroxyl groups is 1. The molecule has 0 saturated carbocycles. The molecule has 4 nitrogen and oxygen atoms in total. The number of nitrogens with one attached hydrogen (secondary N) is 1. The fourth-order valence-electron chi connectivity index (χ4n) is 2.60. The summed E-state index contributed by atoms with van der Waals surface area (Å²) >= 11 is 0. The van der Waals surface area contributed by atoms with Crippen molar-refractivity contribution in [1.29, 1.82) is 0 Å². The van der Waals surface area contributed by atoms with E-state index in [9.17, 15) is 13.9 Å². The Labute approximate surface area is 129 Å². The second kappa shape index (κ2) is 7.35. The number of rotatable bonds is 4. The van der Waals surface area contributed by atoms with Gasteiger partial charge < -0.3 is 15.5 Å². The van der Waals surface area contributed by atoms with Crippen LogP contribution in [0.15, 0.2) is 18.2 Å². The molecule has 1 heterocycles. The highest BCUT2D eigenvalue weighted by atomic mass is 35.5. The molecule has 1 atom stereocenters. The number of hydrogen-bond donors (Lipinski definition) is 3. The van der Waals surface area contributed by atoms with Crippen molar-refractivity contribution in [2.24, 2.45) is 0 Å². The molecule has 1 aromatic rings. The first-order valence-electron chi connectivity index (χ1n) is 6.68. The zero-order valence-corrected chi connectivity index (χ0v) is 12.7. The molecule has 1 aromatic carbocycles. The van der Waals surface area contributed by atoms with Crippen molar-refractivity contribution in [1.82, 2.24) is 10.2 Å². The van der Waals surface area contributed by atoms with Crippen molar-refractivity contribution < 1.29 is 19.0 Å². The van der Waals surface area contributed by atoms with Crippen molar-refractivity contribution >= 4 is 12.4 Å². The standard InChI is InChI=1S/C14H20F2N2O2.ClH/c1-10-8-11(2-3-12(10)20)13(14(15,16)9-19)18-6-4-17-5-7-18;/h2-3,8,13,17,19-20H,4-7,9H2,1H3;1H/t13-;/m1./s1. The summed E-state index contributed by atoms with van der Waals surface area (Å²) in [5.41, 5.74) is 0.970. The Morgan fingerprint density at radius 2 is 1.95 bits per heavy atom. The molecule has 7 heteroatoms. The minimum atomic E-state index is -3.22. The van der Waals surface area contributed by atoms with Crippen LogP contribution in [-0.2, 0) is 0 Å². The lowest BCUT2D eigenvalue weighted by Crippen LogP contribution is -2.51. The van der Waals surface area contributed by atoms with E-state index in [-0.39, 0.29) is 18.2 Å². The molecule has 0 bridgehead atoms. The van der Waals surface area contributed by atoms with Crippen LogP contribution in [0.2, 0.25) is 0 Å². The highest BCUT2D eigenvalue weighted by molar-refractivity contribution is 5.85. The predicted molar refractivity (Wildman–Crippen MR) is 79.3 cm³/mol. The smallest absolute Gasteiger partial charge is 0.289 e. The number of hydrogen-bond acceptors (Lipinski definition) is 4. The number of alkyl halides is 2. The summed E-state index contributed by atoms with van der Waals surface area (Å²) in [5.74, 6) is -3.14. The molecular weight excluding hydrogens is 302 g/mol. The van der Waals surface area contributed by atoms with Gasteiger partial charge in [-0.25, -0.2) is 8.78 Å². The van der Waals surface area contributed by atoms with Crippen LogP contribution in [0, 0.1) is 6.92 Å². The molecule has 1 aliphatic heterocycles. The first-order valence-corrected chi connectivity index (χ1v) is 6.68. The van der Waals surface area contributed by atoms with Crippen LogP contribution in [0.5, 0.6) is 5.75 Å². The normalized spacial score (nSPS) is 18.1. The molecule has 1 fully saturated rings. The number of aryl methyl sites for hydroxylation is 1. The van der Waals surface area contributed by atoms with Gasteiger partial charge >= 0.3 is 0 Å². The van der Waals surface area contributed by atoms with Crippen LogP contribution in [0.25, 0.3) is 0 Å². The van der Waals surface area contributed by atoms with Crippen LogP contribution >= 0.6 is 12.4 Å². The summed E-state index contributed by atoms with van der Waals surface area (Å²) in [4.78, 5) is 1.68. The monoisotopic (exact) mass is 322 g/mol. The van der Waals surface area contributed by atoms with Crippen molar-refractivity contribution in [3.05, 3.63) is 29.3 Å². The minimum absolute atomic E-state index is 0. The molecule has 0 amide bonds. The topological polar surface area (TPSA) is 55.7 Å². The molecule has 0 unspecified atom stereocenters. The number of phenols is 1. The van der Waals surface area contributed by atoms with Gasteiger partial charge in [0.15, 0.2) is 0 Å². The first kappa shape index (κ1) is 18.1. The van der Waals surface area contributed by atoms with Gasteiger partial charge in [-0.05, 0) is 24.1 Å². The summed E-state index contributed by atoms with van der Waals surface area (Å²) in [7, 11) is 0. The molecule has 0 aliphatic carbocycles. The molecule has 0 radical (unpaired) electrons. The third-order valence-corrected chi connectivity index (χ3v) is 3.66. The Balaban J connectivity index is 0.00000220. The SMILES string of the molecule is Cc1cc([C@@H](N2CCNCC2)C(F)(F)CO)ccc1O.Cl. The maximum atomic E-state index is 14.1. The third-order valence-electron chi connectivity index (χ3n) is 3.66. The summed E-state index contributed by atoms with van der Waals surface area (Å²) in [5, 5.41) is 21.7. The minimum Gasteiger partial charge on any atom is -0.508 e. The second-order valence-corrected chi connectivity index (χ2v) is 5.15. The van der Waals surface area contributed by atoms with Gasteiger partial charge in [-0.3, -0.25) is 4.90 Å². The third kappa shape index (κ3) is 4.03. The van der Waals surface area contributed by atoms with E-state index < -0.39 is 18.6 Å². The molecule has 2 rings (SSSR count). The summed E-state index contributed by atoms with van der Waals surface area (Å²) in [6, 6.07) is 3.31. The van der Waals surface area contributed by atoms with E-state index in [1.165, 1.54) is 12.1 Å². The molecule has 0 spiro atoms. The van der Waals surface area contributed by atoms with E-state index in [1.807, 2.05) is 0 Å². The fraction of sp³-hybridized carbons (Fsp3) is 0.571. The molecule has 1 saturated heterocycles. The largest absolute Gasteiger partial charge is 0.508 e. The van der Waals surface area contributed by atoms with Gasteiger partial charge in [0.05, 0.1) is 0 Å². The highest BCUT2D eigenvalue weighted by Crippen LogP contribution is 2.37. The van der Waals surface area contributed by atoms with E-state index in [4.69, 9.17) is 5.11 Å². The van der Waals surface area contributed by atoms with Crippen molar-refractivity contribution in [3.8, 4) is 5.75 Å². The second-order valence-electron chi connectivity index (χ2n) is 5.15. The molecule has 1 aliphatic rings.